The quantitative estimate of drug-likeness (QED) is 0.173. The molecule has 0 amide bonds. The molecule has 0 atom stereocenters. The van der Waals surface area contributed by atoms with E-state index in [1.54, 1.807) is 0 Å². The summed E-state index contributed by atoms with van der Waals surface area (Å²) < 4.78 is 4.81. The summed E-state index contributed by atoms with van der Waals surface area (Å²) in [5, 5.41) is 8.14. The zero-order valence-corrected chi connectivity index (χ0v) is 29.0. The Hall–Kier alpha value is -7.37. The molecule has 12 aromatic rings. The van der Waals surface area contributed by atoms with Crippen LogP contribution in [0.15, 0.2) is 176 Å². The molecule has 12 rings (SSSR count). The highest BCUT2D eigenvalue weighted by atomic mass is 15.0. The molecule has 5 nitrogen and oxygen atoms in total. The first-order valence-corrected chi connectivity index (χ1v) is 18.3. The maximum absolute atomic E-state index is 5.29. The van der Waals surface area contributed by atoms with Gasteiger partial charge in [-0.3, -0.25) is 4.40 Å². The molecule has 0 aliphatic heterocycles. The van der Waals surface area contributed by atoms with Crippen molar-refractivity contribution in [1.82, 2.24) is 23.9 Å². The highest BCUT2D eigenvalue weighted by Gasteiger charge is 2.24. The standard InChI is InChI=1S/C49H29N5/c1-4-13-30(14-5-1)45-38-25-23-33-29-34(24-26-35(33)46(38)52-48(51-45)31-15-6-2-7-16-31)53-41-22-12-20-37-36-19-10-11-21-40(36)54-47-39(27-28-42(53)44(47)43(37)41)50-49(54)32-17-8-3-9-18-32/h1-29H. The van der Waals surface area contributed by atoms with Gasteiger partial charge in [-0.1, -0.05) is 133 Å². The van der Waals surface area contributed by atoms with Gasteiger partial charge in [-0.2, -0.15) is 0 Å². The number of hydrogen-bond donors (Lipinski definition) is 0. The van der Waals surface area contributed by atoms with E-state index in [0.717, 1.165) is 83.5 Å². The minimum Gasteiger partial charge on any atom is -0.309 e. The zero-order chi connectivity index (χ0) is 35.3. The van der Waals surface area contributed by atoms with Gasteiger partial charge in [0, 0.05) is 49.3 Å². The second kappa shape index (κ2) is 11.1. The van der Waals surface area contributed by atoms with Crippen LogP contribution in [0.2, 0.25) is 0 Å². The molecular weight excluding hydrogens is 659 g/mol. The highest BCUT2D eigenvalue weighted by Crippen LogP contribution is 2.44. The van der Waals surface area contributed by atoms with E-state index in [1.807, 2.05) is 24.3 Å². The summed E-state index contributed by atoms with van der Waals surface area (Å²) in [6.45, 7) is 0. The maximum Gasteiger partial charge on any atom is 0.160 e. The van der Waals surface area contributed by atoms with E-state index in [-0.39, 0.29) is 0 Å². The van der Waals surface area contributed by atoms with Gasteiger partial charge >= 0.3 is 0 Å². The Balaban J connectivity index is 1.16. The third kappa shape index (κ3) is 4.06. The number of aromatic nitrogens is 5. The predicted octanol–water partition coefficient (Wildman–Crippen LogP) is 12.3. The SMILES string of the molecule is c1ccc(-c2nc(-c3ccccc3)c3ccc4cc(-n5c6cccc7c8ccccc8n8c(-c9ccccc9)nc9ccc5c(c76)c98)ccc4c3n2)cc1. The monoisotopic (exact) mass is 687 g/mol. The fourth-order valence-corrected chi connectivity index (χ4v) is 8.70. The van der Waals surface area contributed by atoms with Crippen molar-refractivity contribution in [2.24, 2.45) is 0 Å². The Bertz CT molecular complexity index is 3420. The third-order valence-corrected chi connectivity index (χ3v) is 11.0. The molecule has 4 aromatic heterocycles. The molecule has 0 fully saturated rings. The number of benzene rings is 8. The minimum atomic E-state index is 0.721. The average molecular weight is 688 g/mol. The Morgan fingerprint density at radius 2 is 1.07 bits per heavy atom. The molecule has 0 radical (unpaired) electrons. The highest BCUT2D eigenvalue weighted by molar-refractivity contribution is 6.30. The van der Waals surface area contributed by atoms with Gasteiger partial charge in [0.15, 0.2) is 5.82 Å². The number of fused-ring (bicyclic) bond motifs is 6. The van der Waals surface area contributed by atoms with Crippen molar-refractivity contribution in [2.75, 3.05) is 0 Å². The van der Waals surface area contributed by atoms with Crippen molar-refractivity contribution in [2.45, 2.75) is 0 Å². The molecule has 0 aliphatic rings. The lowest BCUT2D eigenvalue weighted by Crippen LogP contribution is -1.97. The normalized spacial score (nSPS) is 12.1. The topological polar surface area (TPSA) is 48.0 Å². The van der Waals surface area contributed by atoms with Gasteiger partial charge in [0.25, 0.3) is 0 Å². The summed E-state index contributed by atoms with van der Waals surface area (Å²) in [4.78, 5) is 15.7. The molecule has 4 heterocycles. The van der Waals surface area contributed by atoms with Crippen molar-refractivity contribution < 1.29 is 0 Å². The Labute approximate surface area is 309 Å². The third-order valence-electron chi connectivity index (χ3n) is 11.0. The second-order valence-electron chi connectivity index (χ2n) is 14.0. The van der Waals surface area contributed by atoms with E-state index in [0.29, 0.717) is 0 Å². The summed E-state index contributed by atoms with van der Waals surface area (Å²) in [5.74, 6) is 1.67. The zero-order valence-electron chi connectivity index (χ0n) is 29.0. The molecular formula is C49H29N5. The molecule has 0 N–H and O–H groups in total. The van der Waals surface area contributed by atoms with Crippen LogP contribution in [0.5, 0.6) is 0 Å². The van der Waals surface area contributed by atoms with Gasteiger partial charge < -0.3 is 4.57 Å². The first kappa shape index (κ1) is 29.2. The van der Waals surface area contributed by atoms with Crippen molar-refractivity contribution in [1.29, 1.82) is 0 Å². The Morgan fingerprint density at radius 1 is 0.407 bits per heavy atom. The van der Waals surface area contributed by atoms with Crippen LogP contribution in [-0.2, 0) is 0 Å². The molecule has 250 valence electrons. The number of rotatable bonds is 4. The van der Waals surface area contributed by atoms with Crippen LogP contribution < -0.4 is 0 Å². The average Bonchev–Trinajstić information content (AvgIpc) is 3.76. The van der Waals surface area contributed by atoms with Gasteiger partial charge in [-0.15, -0.1) is 0 Å². The number of para-hydroxylation sites is 1. The van der Waals surface area contributed by atoms with Crippen LogP contribution in [0.1, 0.15) is 0 Å². The van der Waals surface area contributed by atoms with Gasteiger partial charge in [-0.05, 0) is 53.2 Å². The number of hydrogen-bond acceptors (Lipinski definition) is 3. The van der Waals surface area contributed by atoms with Crippen LogP contribution in [0, 0.1) is 0 Å². The molecule has 8 aromatic carbocycles. The lowest BCUT2D eigenvalue weighted by molar-refractivity contribution is 1.19. The Kier molecular flexibility index (Phi) is 5.99. The molecule has 0 spiro atoms. The van der Waals surface area contributed by atoms with Crippen LogP contribution in [-0.4, -0.2) is 23.9 Å². The Morgan fingerprint density at radius 3 is 1.89 bits per heavy atom. The van der Waals surface area contributed by atoms with Crippen molar-refractivity contribution in [3.05, 3.63) is 176 Å². The van der Waals surface area contributed by atoms with E-state index in [4.69, 9.17) is 15.0 Å². The lowest BCUT2D eigenvalue weighted by atomic mass is 10.0. The molecule has 0 unspecified atom stereocenters. The minimum absolute atomic E-state index is 0.721. The molecule has 0 aliphatic carbocycles. The van der Waals surface area contributed by atoms with Gasteiger partial charge in [0.2, 0.25) is 0 Å². The first-order chi connectivity index (χ1) is 26.8. The number of imidazole rings is 1. The van der Waals surface area contributed by atoms with Crippen molar-refractivity contribution >= 4 is 70.8 Å². The summed E-state index contributed by atoms with van der Waals surface area (Å²) in [7, 11) is 0. The van der Waals surface area contributed by atoms with Gasteiger partial charge in [0.1, 0.15) is 5.82 Å². The first-order valence-electron chi connectivity index (χ1n) is 18.3. The molecule has 0 saturated carbocycles. The van der Waals surface area contributed by atoms with Gasteiger partial charge in [0.05, 0.1) is 38.8 Å². The predicted molar refractivity (Wildman–Crippen MR) is 223 cm³/mol. The van der Waals surface area contributed by atoms with E-state index >= 15 is 0 Å². The van der Waals surface area contributed by atoms with E-state index in [1.165, 1.54) is 27.1 Å². The van der Waals surface area contributed by atoms with Crippen molar-refractivity contribution in [3.8, 4) is 39.7 Å². The molecule has 0 saturated heterocycles. The van der Waals surface area contributed by atoms with Crippen molar-refractivity contribution in [3.63, 3.8) is 0 Å². The van der Waals surface area contributed by atoms with E-state index in [2.05, 4.69) is 161 Å². The number of nitrogens with zero attached hydrogens (tertiary/aromatic N) is 5. The van der Waals surface area contributed by atoms with Crippen LogP contribution in [0.4, 0.5) is 0 Å². The smallest absolute Gasteiger partial charge is 0.160 e. The van der Waals surface area contributed by atoms with E-state index in [9.17, 15) is 0 Å². The molecule has 54 heavy (non-hydrogen) atoms. The van der Waals surface area contributed by atoms with Crippen LogP contribution in [0.3, 0.4) is 0 Å². The van der Waals surface area contributed by atoms with E-state index < -0.39 is 0 Å². The molecule has 0 bridgehead atoms. The summed E-state index contributed by atoms with van der Waals surface area (Å²) >= 11 is 0. The summed E-state index contributed by atoms with van der Waals surface area (Å²) in [5.41, 5.74) is 11.7. The fourth-order valence-electron chi connectivity index (χ4n) is 8.70. The van der Waals surface area contributed by atoms with Gasteiger partial charge in [-0.25, -0.2) is 15.0 Å². The van der Waals surface area contributed by atoms with Crippen LogP contribution >= 0.6 is 0 Å². The fraction of sp³-hybridized carbons (Fsp3) is 0. The molecule has 5 heteroatoms. The second-order valence-corrected chi connectivity index (χ2v) is 14.0. The largest absolute Gasteiger partial charge is 0.309 e. The lowest BCUT2D eigenvalue weighted by Gasteiger charge is -2.13. The summed E-state index contributed by atoms with van der Waals surface area (Å²) in [6.07, 6.45) is 0. The maximum atomic E-state index is 5.29. The van der Waals surface area contributed by atoms with Crippen LogP contribution in [0.25, 0.3) is 111 Å². The summed E-state index contributed by atoms with van der Waals surface area (Å²) in [6, 6.07) is 62.3.